The van der Waals surface area contributed by atoms with Gasteiger partial charge in [-0.25, -0.2) is 0 Å². The number of halogens is 1. The van der Waals surface area contributed by atoms with E-state index in [0.717, 1.165) is 15.9 Å². The number of carbonyl (C=O) groups excluding carboxylic acids is 1. The Labute approximate surface area is 119 Å². The van der Waals surface area contributed by atoms with Gasteiger partial charge in [0.2, 0.25) is 0 Å². The highest BCUT2D eigenvalue weighted by molar-refractivity contribution is 9.10. The molecule has 1 aromatic carbocycles. The van der Waals surface area contributed by atoms with Gasteiger partial charge in [-0.2, -0.15) is 5.10 Å². The topological polar surface area (TPSA) is 46.9 Å². The van der Waals surface area contributed by atoms with E-state index in [0.29, 0.717) is 11.3 Å². The molecule has 0 radical (unpaired) electrons. The Balaban J connectivity index is 2.19. The zero-order valence-electron chi connectivity index (χ0n) is 9.72. The molecular formula is C12H12BrN3OS. The molecule has 0 saturated heterocycles. The standard InChI is InChI=1S/C12H12BrN3OS/c1-2-16-7-8(6-14-16)15-12(17)10-5-9(18)3-4-11(10)13/h3-7,18H,2H2,1H3,(H,15,17). The largest absolute Gasteiger partial charge is 0.319 e. The van der Waals surface area contributed by atoms with Crippen LogP contribution in [-0.2, 0) is 6.54 Å². The fourth-order valence-corrected chi connectivity index (χ4v) is 2.12. The van der Waals surface area contributed by atoms with Gasteiger partial charge in [-0.3, -0.25) is 9.48 Å². The van der Waals surface area contributed by atoms with Crippen molar-refractivity contribution in [3.05, 3.63) is 40.6 Å². The normalized spacial score (nSPS) is 10.4. The number of thiol groups is 1. The molecule has 0 saturated carbocycles. The molecular weight excluding hydrogens is 314 g/mol. The summed E-state index contributed by atoms with van der Waals surface area (Å²) in [5.41, 5.74) is 1.23. The molecule has 1 heterocycles. The van der Waals surface area contributed by atoms with Crippen molar-refractivity contribution < 1.29 is 4.79 Å². The Morgan fingerprint density at radius 2 is 2.33 bits per heavy atom. The van der Waals surface area contributed by atoms with Gasteiger partial charge >= 0.3 is 0 Å². The minimum atomic E-state index is -0.187. The molecule has 2 rings (SSSR count). The zero-order chi connectivity index (χ0) is 13.1. The van der Waals surface area contributed by atoms with Crippen LogP contribution in [0.3, 0.4) is 0 Å². The van der Waals surface area contributed by atoms with Gasteiger partial charge in [-0.05, 0) is 41.1 Å². The molecule has 0 bridgehead atoms. The quantitative estimate of drug-likeness (QED) is 0.851. The lowest BCUT2D eigenvalue weighted by Crippen LogP contribution is -2.12. The molecule has 0 aliphatic heterocycles. The van der Waals surface area contributed by atoms with Crippen LogP contribution in [0.2, 0.25) is 0 Å². The second-order valence-corrected chi connectivity index (χ2v) is 5.07. The third kappa shape index (κ3) is 2.94. The predicted molar refractivity (Wildman–Crippen MR) is 77.2 cm³/mol. The van der Waals surface area contributed by atoms with Crippen LogP contribution < -0.4 is 5.32 Å². The van der Waals surface area contributed by atoms with Crippen LogP contribution >= 0.6 is 28.6 Å². The summed E-state index contributed by atoms with van der Waals surface area (Å²) < 4.78 is 2.49. The molecule has 0 atom stereocenters. The van der Waals surface area contributed by atoms with Gasteiger partial charge in [0.15, 0.2) is 0 Å². The SMILES string of the molecule is CCn1cc(NC(=O)c2cc(S)ccc2Br)cn1. The van der Waals surface area contributed by atoms with E-state index in [-0.39, 0.29) is 5.91 Å². The van der Waals surface area contributed by atoms with E-state index >= 15 is 0 Å². The fraction of sp³-hybridized carbons (Fsp3) is 0.167. The number of hydrogen-bond donors (Lipinski definition) is 2. The monoisotopic (exact) mass is 325 g/mol. The smallest absolute Gasteiger partial charge is 0.256 e. The first kappa shape index (κ1) is 13.2. The van der Waals surface area contributed by atoms with Gasteiger partial charge < -0.3 is 5.32 Å². The molecule has 0 unspecified atom stereocenters. The van der Waals surface area contributed by atoms with Gasteiger partial charge in [-0.1, -0.05) is 0 Å². The van der Waals surface area contributed by atoms with E-state index in [4.69, 9.17) is 0 Å². The van der Waals surface area contributed by atoms with Gasteiger partial charge in [0.05, 0.1) is 17.4 Å². The van der Waals surface area contributed by atoms with Gasteiger partial charge in [0, 0.05) is 22.1 Å². The molecule has 0 fully saturated rings. The van der Waals surface area contributed by atoms with Crippen molar-refractivity contribution in [2.24, 2.45) is 0 Å². The molecule has 0 spiro atoms. The molecule has 1 amide bonds. The second-order valence-electron chi connectivity index (χ2n) is 3.70. The number of anilines is 1. The first-order chi connectivity index (χ1) is 8.60. The second kappa shape index (κ2) is 5.58. The highest BCUT2D eigenvalue weighted by Gasteiger charge is 2.11. The average Bonchev–Trinajstić information content (AvgIpc) is 2.80. The van der Waals surface area contributed by atoms with E-state index in [1.165, 1.54) is 0 Å². The number of benzene rings is 1. The summed E-state index contributed by atoms with van der Waals surface area (Å²) in [6.07, 6.45) is 3.41. The molecule has 18 heavy (non-hydrogen) atoms. The first-order valence-corrected chi connectivity index (χ1v) is 6.66. The molecule has 1 N–H and O–H groups in total. The summed E-state index contributed by atoms with van der Waals surface area (Å²) in [6, 6.07) is 5.33. The van der Waals surface area contributed by atoms with Crippen LogP contribution in [0.4, 0.5) is 5.69 Å². The van der Waals surface area contributed by atoms with Crippen LogP contribution in [0.1, 0.15) is 17.3 Å². The van der Waals surface area contributed by atoms with Crippen LogP contribution in [0.5, 0.6) is 0 Å². The molecule has 2 aromatic rings. The lowest BCUT2D eigenvalue weighted by atomic mass is 10.2. The Morgan fingerprint density at radius 1 is 1.56 bits per heavy atom. The summed E-state index contributed by atoms with van der Waals surface area (Å²) in [4.78, 5) is 12.8. The van der Waals surface area contributed by atoms with Crippen molar-refractivity contribution in [1.29, 1.82) is 0 Å². The minimum Gasteiger partial charge on any atom is -0.319 e. The number of hydrogen-bond acceptors (Lipinski definition) is 3. The summed E-state index contributed by atoms with van der Waals surface area (Å²) >= 11 is 7.57. The number of aromatic nitrogens is 2. The number of nitrogens with zero attached hydrogens (tertiary/aromatic N) is 2. The number of nitrogens with one attached hydrogen (secondary N) is 1. The average molecular weight is 326 g/mol. The van der Waals surface area contributed by atoms with Crippen molar-refractivity contribution in [2.75, 3.05) is 5.32 Å². The fourth-order valence-electron chi connectivity index (χ4n) is 1.49. The molecule has 1 aromatic heterocycles. The number of amides is 1. The van der Waals surface area contributed by atoms with Crippen molar-refractivity contribution in [1.82, 2.24) is 9.78 Å². The van der Waals surface area contributed by atoms with E-state index in [1.807, 2.05) is 13.0 Å². The Hall–Kier alpha value is -1.27. The summed E-state index contributed by atoms with van der Waals surface area (Å²) in [6.45, 7) is 2.76. The first-order valence-electron chi connectivity index (χ1n) is 5.42. The predicted octanol–water partition coefficient (Wildman–Crippen LogP) is 3.21. The zero-order valence-corrected chi connectivity index (χ0v) is 12.2. The van der Waals surface area contributed by atoms with Crippen LogP contribution in [0.25, 0.3) is 0 Å². The highest BCUT2D eigenvalue weighted by Crippen LogP contribution is 2.21. The maximum Gasteiger partial charge on any atom is 0.256 e. The third-order valence-corrected chi connectivity index (χ3v) is 3.38. The number of aryl methyl sites for hydroxylation is 1. The highest BCUT2D eigenvalue weighted by atomic mass is 79.9. The molecule has 0 aliphatic carbocycles. The minimum absolute atomic E-state index is 0.187. The number of carbonyl (C=O) groups is 1. The van der Waals surface area contributed by atoms with Gasteiger partial charge in [0.25, 0.3) is 5.91 Å². The van der Waals surface area contributed by atoms with Crippen LogP contribution in [0, 0.1) is 0 Å². The van der Waals surface area contributed by atoms with E-state index in [9.17, 15) is 4.79 Å². The van der Waals surface area contributed by atoms with E-state index < -0.39 is 0 Å². The molecule has 4 nitrogen and oxygen atoms in total. The summed E-state index contributed by atoms with van der Waals surface area (Å²) in [5.74, 6) is -0.187. The van der Waals surface area contributed by atoms with Gasteiger partial charge in [0.1, 0.15) is 0 Å². The molecule has 0 aliphatic rings. The summed E-state index contributed by atoms with van der Waals surface area (Å²) in [7, 11) is 0. The maximum atomic E-state index is 12.1. The summed E-state index contributed by atoms with van der Waals surface area (Å²) in [5, 5.41) is 6.89. The Bertz CT molecular complexity index is 582. The van der Waals surface area contributed by atoms with Crippen LogP contribution in [0.15, 0.2) is 40.0 Å². The van der Waals surface area contributed by atoms with Crippen molar-refractivity contribution >= 4 is 40.2 Å². The Kier molecular flexibility index (Phi) is 4.08. The van der Waals surface area contributed by atoms with Crippen molar-refractivity contribution in [3.63, 3.8) is 0 Å². The lowest BCUT2D eigenvalue weighted by Gasteiger charge is -2.05. The number of rotatable bonds is 3. The van der Waals surface area contributed by atoms with E-state index in [2.05, 4.69) is 39.0 Å². The lowest BCUT2D eigenvalue weighted by molar-refractivity contribution is 0.102. The van der Waals surface area contributed by atoms with Crippen molar-refractivity contribution in [3.8, 4) is 0 Å². The van der Waals surface area contributed by atoms with Crippen LogP contribution in [-0.4, -0.2) is 15.7 Å². The van der Waals surface area contributed by atoms with Crippen molar-refractivity contribution in [2.45, 2.75) is 18.4 Å². The Morgan fingerprint density at radius 3 is 3.00 bits per heavy atom. The molecule has 94 valence electrons. The van der Waals surface area contributed by atoms with E-state index in [1.54, 1.807) is 29.2 Å². The van der Waals surface area contributed by atoms with Gasteiger partial charge in [-0.15, -0.1) is 12.6 Å². The third-order valence-electron chi connectivity index (χ3n) is 2.41. The maximum absolute atomic E-state index is 12.1. The molecule has 6 heteroatoms.